The van der Waals surface area contributed by atoms with Crippen molar-refractivity contribution in [2.45, 2.75) is 79.1 Å². The van der Waals surface area contributed by atoms with Gasteiger partial charge in [0, 0.05) is 50.5 Å². The number of nitrogens with one attached hydrogen (secondary N) is 4. The van der Waals surface area contributed by atoms with Crippen molar-refractivity contribution in [1.82, 2.24) is 80.7 Å². The molecule has 12 N–H and O–H groups in total. The fourth-order valence-corrected chi connectivity index (χ4v) is 5.24. The molecular weight excluding hydrogens is 1200 g/mol. The third-order valence-electron chi connectivity index (χ3n) is 8.02. The zero-order valence-electron chi connectivity index (χ0n) is 43.6. The summed E-state index contributed by atoms with van der Waals surface area (Å²) in [7, 11) is -12.0. The molecule has 0 aliphatic heterocycles. The van der Waals surface area contributed by atoms with Gasteiger partial charge in [-0.2, -0.15) is 20.4 Å². The average Bonchev–Trinajstić information content (AvgIpc) is 4.21. The van der Waals surface area contributed by atoms with Crippen molar-refractivity contribution in [3.05, 3.63) is 121 Å². The summed E-state index contributed by atoms with van der Waals surface area (Å²) in [5.41, 5.74) is 3.11. The Morgan fingerprint density at radius 3 is 0.695 bits per heavy atom. The topological polar surface area (TPSA) is 458 Å². The number of unbranched alkanes of at least 4 members (excludes halogenated alkanes) is 2. The van der Waals surface area contributed by atoms with Crippen LogP contribution in [0.25, 0.3) is 46.1 Å². The molecule has 0 aromatic carbocycles. The van der Waals surface area contributed by atoms with Crippen molar-refractivity contribution in [3.63, 3.8) is 0 Å². The van der Waals surface area contributed by atoms with Gasteiger partial charge in [-0.25, -0.2) is 19.9 Å². The van der Waals surface area contributed by atoms with Crippen molar-refractivity contribution in [3.8, 4) is 46.1 Å². The number of aliphatic carboxylic acids is 2. The minimum absolute atomic E-state index is 0. The molecule has 8 rings (SSSR count). The van der Waals surface area contributed by atoms with E-state index in [1.54, 1.807) is 24.8 Å². The van der Waals surface area contributed by atoms with E-state index >= 15 is 0 Å². The van der Waals surface area contributed by atoms with Crippen LogP contribution in [0.15, 0.2) is 97.6 Å². The molecule has 0 saturated carbocycles. The van der Waals surface area contributed by atoms with Crippen LogP contribution in [0.4, 0.5) is 34.5 Å². The Morgan fingerprint density at radius 2 is 0.561 bits per heavy atom. The number of aromatic amines is 4. The van der Waals surface area contributed by atoms with Crippen LogP contribution in [-0.2, 0) is 79.0 Å². The first-order valence-corrected chi connectivity index (χ1v) is 22.3. The van der Waals surface area contributed by atoms with Crippen molar-refractivity contribution in [2.75, 3.05) is 0 Å². The molecular formula is C44H56B2F8Fe2N16O10. The normalized spacial score (nSPS) is 9.56. The zero-order chi connectivity index (χ0) is 56.5. The van der Waals surface area contributed by atoms with E-state index in [0.717, 1.165) is 97.4 Å². The Kier molecular flexibility index (Phi) is 45.0. The molecule has 0 atom stereocenters. The summed E-state index contributed by atoms with van der Waals surface area (Å²) in [4.78, 5) is 71.7. The van der Waals surface area contributed by atoms with Crippen LogP contribution in [0.1, 0.15) is 76.7 Å². The van der Waals surface area contributed by atoms with Gasteiger partial charge >= 0.3 is 48.6 Å². The Balaban J connectivity index is -0.000000329. The number of carboxylic acid groups (broad SMARTS) is 2. The number of carboxylic acids is 2. The number of Topliss-reactive ketones (excluding diaryl/α,β-unsaturated/α-hetero) is 2. The molecule has 8 aromatic heterocycles. The summed E-state index contributed by atoms with van der Waals surface area (Å²) in [6, 6.07) is 22.8. The fraction of sp³-hybridized carbons (Fsp3) is 0.273. The Bertz CT molecular complexity index is 2550. The third-order valence-corrected chi connectivity index (χ3v) is 8.02. The quantitative estimate of drug-likeness (QED) is 0.0524. The van der Waals surface area contributed by atoms with Gasteiger partial charge in [0.25, 0.3) is 0 Å². The van der Waals surface area contributed by atoms with E-state index in [1.807, 2.05) is 72.8 Å². The van der Waals surface area contributed by atoms with Crippen LogP contribution in [0.2, 0.25) is 0 Å². The minimum Gasteiger partial charge on any atom is -0.543 e. The summed E-state index contributed by atoms with van der Waals surface area (Å²) in [6.07, 6.45) is 14.2. The van der Waals surface area contributed by atoms with Gasteiger partial charge in [-0.15, -0.1) is 0 Å². The van der Waals surface area contributed by atoms with E-state index in [-0.39, 0.29) is 67.6 Å². The maximum atomic E-state index is 9.75. The van der Waals surface area contributed by atoms with Gasteiger partial charge < -0.3 is 85.8 Å². The number of aromatic nitrogens is 16. The summed E-state index contributed by atoms with van der Waals surface area (Å²) in [6.45, 7) is 6.11. The molecule has 0 aliphatic carbocycles. The van der Waals surface area contributed by atoms with E-state index in [2.05, 4.69) is 80.7 Å². The van der Waals surface area contributed by atoms with Crippen LogP contribution in [0.3, 0.4) is 0 Å². The SMILES string of the molecule is CC(C)=O.CC(C)=O.F[B-](F)(F)F.F[B-](F)(F)F.O.O.O.O.O=C([O-])C(=O)[O-].[Fe+2].[Fe+2].c1ccc(-c2n[nH]c(CCCCc3nc(-c4ccccn4)n[nH]3)n2)nc1.c1ccc(-c2n[nH]c(CCCCc3nc(-c4ccccn4)n[nH]3)n2)nc1. The molecule has 0 unspecified atom stereocenters. The predicted molar refractivity (Wildman–Crippen MR) is 269 cm³/mol. The number of H-pyrrole nitrogens is 4. The van der Waals surface area contributed by atoms with Crippen molar-refractivity contribution >= 4 is 38.0 Å². The number of ketones is 2. The predicted octanol–water partition coefficient (Wildman–Crippen LogP) is 2.20. The van der Waals surface area contributed by atoms with E-state index in [1.165, 1.54) is 27.7 Å². The first kappa shape index (κ1) is 82.7. The van der Waals surface area contributed by atoms with Crippen molar-refractivity contribution in [2.24, 2.45) is 0 Å². The van der Waals surface area contributed by atoms with E-state index < -0.39 is 26.4 Å². The minimum atomic E-state index is -6.00. The smallest absolute Gasteiger partial charge is 0.543 e. The molecule has 82 heavy (non-hydrogen) atoms. The Labute approximate surface area is 482 Å². The monoisotopic (exact) mass is 1250 g/mol. The number of aryl methyl sites for hydroxylation is 4. The van der Waals surface area contributed by atoms with Crippen molar-refractivity contribution in [1.29, 1.82) is 0 Å². The van der Waals surface area contributed by atoms with Gasteiger partial charge in [-0.05, 0) is 102 Å². The fourth-order valence-electron chi connectivity index (χ4n) is 5.24. The van der Waals surface area contributed by atoms with Crippen LogP contribution < -0.4 is 10.2 Å². The molecule has 0 radical (unpaired) electrons. The van der Waals surface area contributed by atoms with Crippen LogP contribution in [-0.4, -0.2) is 141 Å². The van der Waals surface area contributed by atoms with E-state index in [4.69, 9.17) is 19.8 Å². The molecule has 0 fully saturated rings. The Hall–Kier alpha value is -8.11. The van der Waals surface area contributed by atoms with Crippen LogP contribution >= 0.6 is 0 Å². The maximum Gasteiger partial charge on any atom is 2.00 e. The van der Waals surface area contributed by atoms with Gasteiger partial charge in [0.15, 0.2) is 23.3 Å². The molecule has 0 saturated heterocycles. The van der Waals surface area contributed by atoms with Crippen LogP contribution in [0.5, 0.6) is 0 Å². The number of carbonyl (C=O) groups is 4. The van der Waals surface area contributed by atoms with Gasteiger partial charge in [0.1, 0.15) is 57.6 Å². The second kappa shape index (κ2) is 44.6. The molecule has 0 spiro atoms. The van der Waals surface area contributed by atoms with E-state index in [0.29, 0.717) is 23.3 Å². The molecule has 26 nitrogen and oxygen atoms in total. The van der Waals surface area contributed by atoms with Gasteiger partial charge in [0.05, 0.1) is 11.9 Å². The number of nitrogens with zero attached hydrogens (tertiary/aromatic N) is 12. The number of carbonyl (C=O) groups excluding carboxylic acids is 4. The number of hydrogen-bond donors (Lipinski definition) is 4. The molecule has 0 aliphatic rings. The van der Waals surface area contributed by atoms with E-state index in [9.17, 15) is 44.1 Å². The third kappa shape index (κ3) is 41.0. The first-order valence-electron chi connectivity index (χ1n) is 22.3. The molecule has 38 heteroatoms. The summed E-state index contributed by atoms with van der Waals surface area (Å²) in [5, 5.41) is 46.7. The second-order valence-electron chi connectivity index (χ2n) is 15.1. The molecule has 8 aromatic rings. The molecule has 0 bridgehead atoms. The van der Waals surface area contributed by atoms with Crippen molar-refractivity contribution < 1.29 is 120 Å². The van der Waals surface area contributed by atoms with Gasteiger partial charge in [0.2, 0.25) is 0 Å². The average molecular weight is 1250 g/mol. The molecule has 0 amide bonds. The maximum absolute atomic E-state index is 9.75. The second-order valence-corrected chi connectivity index (χ2v) is 15.1. The van der Waals surface area contributed by atoms with Gasteiger partial charge in [-0.3, -0.25) is 40.3 Å². The largest absolute Gasteiger partial charge is 2.00 e. The Morgan fingerprint density at radius 1 is 0.390 bits per heavy atom. The molecule has 450 valence electrons. The van der Waals surface area contributed by atoms with Crippen LogP contribution in [0, 0.1) is 0 Å². The molecule has 8 heterocycles. The zero-order valence-corrected chi connectivity index (χ0v) is 45.8. The number of hydrogen-bond acceptors (Lipinski definition) is 18. The number of pyridine rings is 4. The first-order chi connectivity index (χ1) is 35.9. The summed E-state index contributed by atoms with van der Waals surface area (Å²) in [5.74, 6) is 1.99. The summed E-state index contributed by atoms with van der Waals surface area (Å²) < 4.78 is 78.0. The summed E-state index contributed by atoms with van der Waals surface area (Å²) >= 11 is 0. The number of rotatable bonds is 14. The standard InChI is InChI=1S/2C18H18N8.2C3H6O.C2H2O4.2BF4.2Fe.4H2O/c2*1(9-15-21-17(25-23-15)13-7-3-5-11-19-13)2-10-16-22-18(26-24-16)14-8-4-6-12-20-14;2*1-3(2)4;3-1(4)2(5)6;2*2-1(3,4)5;;;;;;/h2*3-8,11-12H,1-2,9-10H2,(H,21,23,25)(H,22,24,26);2*1-2H3;(H,3,4)(H,5,6);;;;;4*1H2/q;;;;;2*-1;2*+2;;;;/p-2. The number of halogens is 8. The van der Waals surface area contributed by atoms with Gasteiger partial charge in [-0.1, -0.05) is 24.3 Å².